The van der Waals surface area contributed by atoms with E-state index < -0.39 is 0 Å². The van der Waals surface area contributed by atoms with Gasteiger partial charge in [-0.3, -0.25) is 4.79 Å². The van der Waals surface area contributed by atoms with Gasteiger partial charge in [-0.1, -0.05) is 12.1 Å². The Morgan fingerprint density at radius 3 is 2.46 bits per heavy atom. The van der Waals surface area contributed by atoms with Crippen LogP contribution in [-0.4, -0.2) is 11.9 Å². The highest BCUT2D eigenvalue weighted by atomic mass is 32.2. The number of hydrogen-bond acceptors (Lipinski definition) is 4. The minimum Gasteiger partial charge on any atom is -0.295 e. The van der Waals surface area contributed by atoms with Crippen LogP contribution in [-0.2, 0) is 4.79 Å². The molecule has 1 rings (SSSR count). The van der Waals surface area contributed by atoms with Crippen LogP contribution in [0, 0.1) is 0 Å². The second kappa shape index (κ2) is 4.60. The third kappa shape index (κ3) is 2.86. The molecule has 4 heteroatoms. The van der Waals surface area contributed by atoms with Crippen LogP contribution in [0.1, 0.15) is 17.3 Å². The van der Waals surface area contributed by atoms with E-state index in [4.69, 9.17) is 0 Å². The van der Waals surface area contributed by atoms with E-state index in [0.717, 1.165) is 16.8 Å². The fourth-order valence-electron chi connectivity index (χ4n) is 0.822. The monoisotopic (exact) mass is 193 g/mol. The van der Waals surface area contributed by atoms with Crippen molar-refractivity contribution in [2.45, 2.75) is 11.8 Å². The average molecular weight is 193 g/mol. The first-order valence-corrected chi connectivity index (χ1v) is 4.36. The number of nitrogens with zero attached hydrogens (tertiary/aromatic N) is 1. The van der Waals surface area contributed by atoms with Crippen molar-refractivity contribution < 1.29 is 9.59 Å². The lowest BCUT2D eigenvalue weighted by Gasteiger charge is -1.95. The van der Waals surface area contributed by atoms with Crippen LogP contribution in [0.15, 0.2) is 33.6 Å². The Morgan fingerprint density at radius 2 is 2.00 bits per heavy atom. The van der Waals surface area contributed by atoms with E-state index in [0.29, 0.717) is 5.56 Å². The predicted molar refractivity (Wildman–Crippen MR) is 50.4 cm³/mol. The van der Waals surface area contributed by atoms with Gasteiger partial charge in [-0.05, 0) is 19.1 Å². The summed E-state index contributed by atoms with van der Waals surface area (Å²) in [7, 11) is 0. The summed E-state index contributed by atoms with van der Waals surface area (Å²) in [6.45, 7) is 1.51. The SMILES string of the molecule is CC(=O)c1ccc(SN=C=O)cc1. The summed E-state index contributed by atoms with van der Waals surface area (Å²) < 4.78 is 3.34. The molecule has 1 aromatic rings. The first-order valence-electron chi connectivity index (χ1n) is 3.59. The summed E-state index contributed by atoms with van der Waals surface area (Å²) in [6, 6.07) is 6.88. The molecular weight excluding hydrogens is 186 g/mol. The minimum atomic E-state index is 0.0236. The van der Waals surface area contributed by atoms with Gasteiger partial charge in [0.05, 0.1) is 0 Å². The van der Waals surface area contributed by atoms with Gasteiger partial charge in [-0.15, -0.1) is 4.40 Å². The van der Waals surface area contributed by atoms with Gasteiger partial charge >= 0.3 is 0 Å². The molecule has 0 saturated carbocycles. The summed E-state index contributed by atoms with van der Waals surface area (Å²) >= 11 is 1.03. The molecule has 0 N–H and O–H groups in total. The first kappa shape index (κ1) is 9.71. The minimum absolute atomic E-state index is 0.0236. The second-order valence-electron chi connectivity index (χ2n) is 2.35. The summed E-state index contributed by atoms with van der Waals surface area (Å²) in [6.07, 6.45) is 1.42. The molecular formula is C9H7NO2S. The smallest absolute Gasteiger partial charge is 0.247 e. The molecule has 13 heavy (non-hydrogen) atoms. The summed E-state index contributed by atoms with van der Waals surface area (Å²) in [5.41, 5.74) is 0.652. The zero-order chi connectivity index (χ0) is 9.68. The number of carbonyl (C=O) groups excluding carboxylic acids is 2. The fraction of sp³-hybridized carbons (Fsp3) is 0.111. The molecule has 0 aromatic heterocycles. The van der Waals surface area contributed by atoms with E-state index in [-0.39, 0.29) is 5.78 Å². The Bertz CT molecular complexity index is 352. The van der Waals surface area contributed by atoms with Crippen LogP contribution in [0.25, 0.3) is 0 Å². The van der Waals surface area contributed by atoms with Gasteiger partial charge in [0.25, 0.3) is 0 Å². The van der Waals surface area contributed by atoms with Gasteiger partial charge in [0.1, 0.15) is 0 Å². The second-order valence-corrected chi connectivity index (χ2v) is 3.19. The normalized spacial score (nSPS) is 9.00. The van der Waals surface area contributed by atoms with Crippen LogP contribution >= 0.6 is 11.9 Å². The fourth-order valence-corrected chi connectivity index (χ4v) is 1.22. The Balaban J connectivity index is 2.80. The average Bonchev–Trinajstić information content (AvgIpc) is 2.15. The molecule has 0 spiro atoms. The molecule has 3 nitrogen and oxygen atoms in total. The van der Waals surface area contributed by atoms with Crippen molar-refractivity contribution >= 4 is 23.8 Å². The van der Waals surface area contributed by atoms with Crippen molar-refractivity contribution in [1.29, 1.82) is 0 Å². The van der Waals surface area contributed by atoms with Crippen molar-refractivity contribution in [3.05, 3.63) is 29.8 Å². The molecule has 0 saturated heterocycles. The summed E-state index contributed by atoms with van der Waals surface area (Å²) in [4.78, 5) is 21.5. The van der Waals surface area contributed by atoms with Crippen LogP contribution in [0.5, 0.6) is 0 Å². The lowest BCUT2D eigenvalue weighted by molar-refractivity contribution is 0.101. The summed E-state index contributed by atoms with van der Waals surface area (Å²) in [5.74, 6) is 0.0236. The molecule has 0 aliphatic heterocycles. The molecule has 0 amide bonds. The third-order valence-corrected chi connectivity index (χ3v) is 2.10. The number of isocyanates is 1. The van der Waals surface area contributed by atoms with Gasteiger partial charge in [-0.2, -0.15) is 0 Å². The Morgan fingerprint density at radius 1 is 1.38 bits per heavy atom. The van der Waals surface area contributed by atoms with Gasteiger partial charge < -0.3 is 0 Å². The van der Waals surface area contributed by atoms with Gasteiger partial charge in [0, 0.05) is 22.4 Å². The van der Waals surface area contributed by atoms with Crippen molar-refractivity contribution in [2.24, 2.45) is 4.40 Å². The first-order chi connectivity index (χ1) is 6.24. The van der Waals surface area contributed by atoms with E-state index in [2.05, 4.69) is 4.40 Å². The van der Waals surface area contributed by atoms with E-state index in [9.17, 15) is 9.59 Å². The zero-order valence-electron chi connectivity index (χ0n) is 6.98. The molecule has 0 atom stereocenters. The molecule has 0 fully saturated rings. The number of ketones is 1. The van der Waals surface area contributed by atoms with Crippen LogP contribution in [0.4, 0.5) is 0 Å². The van der Waals surface area contributed by atoms with Crippen LogP contribution in [0.3, 0.4) is 0 Å². The van der Waals surface area contributed by atoms with Crippen LogP contribution in [0.2, 0.25) is 0 Å². The lowest BCUT2D eigenvalue weighted by atomic mass is 10.2. The molecule has 0 unspecified atom stereocenters. The summed E-state index contributed by atoms with van der Waals surface area (Å²) in [5, 5.41) is 0. The Labute approximate surface area is 80.0 Å². The van der Waals surface area contributed by atoms with Crippen molar-refractivity contribution in [1.82, 2.24) is 0 Å². The van der Waals surface area contributed by atoms with E-state index >= 15 is 0 Å². The van der Waals surface area contributed by atoms with Gasteiger partial charge in [0.2, 0.25) is 6.08 Å². The molecule has 0 bridgehead atoms. The van der Waals surface area contributed by atoms with E-state index in [1.165, 1.54) is 13.0 Å². The Hall–Kier alpha value is -1.38. The van der Waals surface area contributed by atoms with E-state index in [1.54, 1.807) is 24.3 Å². The number of Topliss-reactive ketones (excluding diaryl/α,β-unsaturated/α-hetero) is 1. The highest BCUT2D eigenvalue weighted by Gasteiger charge is 1.98. The molecule has 1 aromatic carbocycles. The van der Waals surface area contributed by atoms with Gasteiger partial charge in [0.15, 0.2) is 5.78 Å². The largest absolute Gasteiger partial charge is 0.295 e. The van der Waals surface area contributed by atoms with Crippen molar-refractivity contribution in [2.75, 3.05) is 0 Å². The molecule has 0 heterocycles. The zero-order valence-corrected chi connectivity index (χ0v) is 7.80. The standard InChI is InChI=1S/C9H7NO2S/c1-7(12)8-2-4-9(5-3-8)13-10-6-11/h2-5H,1H3. The van der Waals surface area contributed by atoms with E-state index in [1.807, 2.05) is 0 Å². The number of carbonyl (C=O) groups is 1. The molecule has 66 valence electrons. The number of benzene rings is 1. The number of rotatable bonds is 3. The number of hydrogen-bond donors (Lipinski definition) is 0. The lowest BCUT2D eigenvalue weighted by Crippen LogP contribution is -1.89. The molecule has 0 radical (unpaired) electrons. The van der Waals surface area contributed by atoms with Crippen molar-refractivity contribution in [3.8, 4) is 0 Å². The maximum Gasteiger partial charge on any atom is 0.247 e. The highest BCUT2D eigenvalue weighted by Crippen LogP contribution is 2.18. The Kier molecular flexibility index (Phi) is 3.43. The predicted octanol–water partition coefficient (Wildman–Crippen LogP) is 2.23. The third-order valence-electron chi connectivity index (χ3n) is 1.45. The molecule has 0 aliphatic carbocycles. The maximum absolute atomic E-state index is 10.9. The van der Waals surface area contributed by atoms with Gasteiger partial charge in [-0.25, -0.2) is 4.79 Å². The quantitative estimate of drug-likeness (QED) is 0.320. The topological polar surface area (TPSA) is 46.5 Å². The maximum atomic E-state index is 10.9. The van der Waals surface area contributed by atoms with Crippen molar-refractivity contribution in [3.63, 3.8) is 0 Å². The van der Waals surface area contributed by atoms with Crippen LogP contribution < -0.4 is 0 Å². The molecule has 0 aliphatic rings. The highest BCUT2D eigenvalue weighted by molar-refractivity contribution is 7.98.